The molecule has 7 heteroatoms. The largest absolute Gasteiger partial charge is 0.502 e. The van der Waals surface area contributed by atoms with Crippen molar-refractivity contribution in [2.24, 2.45) is 0 Å². The minimum absolute atomic E-state index is 0.243. The average molecular weight is 390 g/mol. The highest BCUT2D eigenvalue weighted by molar-refractivity contribution is 4.84. The Morgan fingerprint density at radius 1 is 0.778 bits per heavy atom. The van der Waals surface area contributed by atoms with Gasteiger partial charge in [-0.2, -0.15) is 0 Å². The van der Waals surface area contributed by atoms with Gasteiger partial charge >= 0.3 is 0 Å². The molecule has 0 aliphatic rings. The molecule has 0 aliphatic carbocycles. The van der Waals surface area contributed by atoms with E-state index < -0.39 is 0 Å². The summed E-state index contributed by atoms with van der Waals surface area (Å²) in [5, 5.41) is 0. The summed E-state index contributed by atoms with van der Waals surface area (Å²) < 4.78 is 32.5. The normalized spacial score (nSPS) is 11.3. The van der Waals surface area contributed by atoms with Gasteiger partial charge in [-0.05, 0) is 27.4 Å². The van der Waals surface area contributed by atoms with E-state index in [2.05, 4.69) is 13.2 Å². The van der Waals surface area contributed by atoms with Gasteiger partial charge in [0.25, 0.3) is 0 Å². The van der Waals surface area contributed by atoms with Gasteiger partial charge in [0.2, 0.25) is 0 Å². The zero-order valence-electron chi connectivity index (χ0n) is 17.9. The van der Waals surface area contributed by atoms with Crippen LogP contribution in [0, 0.1) is 0 Å². The third kappa shape index (κ3) is 17.9. The van der Waals surface area contributed by atoms with E-state index >= 15 is 0 Å². The second-order valence-electron chi connectivity index (χ2n) is 6.97. The van der Waals surface area contributed by atoms with E-state index in [1.54, 1.807) is 7.11 Å². The van der Waals surface area contributed by atoms with E-state index in [4.69, 9.17) is 28.4 Å². The molecule has 0 spiro atoms. The van der Waals surface area contributed by atoms with Crippen molar-refractivity contribution < 1.29 is 28.4 Å². The summed E-state index contributed by atoms with van der Waals surface area (Å²) in [7, 11) is 3.54. The van der Waals surface area contributed by atoms with Gasteiger partial charge in [-0.3, -0.25) is 0 Å². The predicted molar refractivity (Wildman–Crippen MR) is 107 cm³/mol. The van der Waals surface area contributed by atoms with Crippen molar-refractivity contribution in [3.63, 3.8) is 0 Å². The third-order valence-electron chi connectivity index (χ3n) is 3.35. The van der Waals surface area contributed by atoms with Gasteiger partial charge in [0, 0.05) is 20.0 Å². The molecular weight excluding hydrogens is 350 g/mol. The molecule has 0 aromatic rings. The van der Waals surface area contributed by atoms with Crippen molar-refractivity contribution in [1.82, 2.24) is 4.90 Å². The third-order valence-corrected chi connectivity index (χ3v) is 3.35. The summed E-state index contributed by atoms with van der Waals surface area (Å²) in [5.41, 5.74) is -0.243. The fourth-order valence-corrected chi connectivity index (χ4v) is 1.81. The summed E-state index contributed by atoms with van der Waals surface area (Å²) in [6, 6.07) is 0. The number of methoxy groups -OCH3 is 1. The van der Waals surface area contributed by atoms with Crippen LogP contribution >= 0.6 is 0 Å². The molecule has 0 heterocycles. The molecule has 0 aromatic heterocycles. The monoisotopic (exact) mass is 389 g/mol. The van der Waals surface area contributed by atoms with Crippen molar-refractivity contribution in [2.45, 2.75) is 32.8 Å². The van der Waals surface area contributed by atoms with Crippen LogP contribution in [0.3, 0.4) is 0 Å². The molecule has 0 saturated heterocycles. The summed E-state index contributed by atoms with van der Waals surface area (Å²) in [6.07, 6.45) is 0.702. The lowest BCUT2D eigenvalue weighted by Gasteiger charge is -2.28. The molecule has 27 heavy (non-hydrogen) atoms. The van der Waals surface area contributed by atoms with E-state index in [0.29, 0.717) is 65.2 Å². The fourth-order valence-electron chi connectivity index (χ4n) is 1.81. The lowest BCUT2D eigenvalue weighted by Crippen LogP contribution is -2.29. The Kier molecular flexibility index (Phi) is 15.0. The number of nitrogens with zero attached hydrogens (tertiary/aromatic N) is 1. The molecule has 160 valence electrons. The highest BCUT2D eigenvalue weighted by Crippen LogP contribution is 2.13. The number of likely N-dealkylation sites (N-methyl/N-ethyl adjacent to an activating group) is 1. The van der Waals surface area contributed by atoms with E-state index in [0.717, 1.165) is 12.3 Å². The molecule has 0 saturated carbocycles. The van der Waals surface area contributed by atoms with Crippen molar-refractivity contribution in [3.05, 3.63) is 24.8 Å². The highest BCUT2D eigenvalue weighted by atomic mass is 16.6. The smallest absolute Gasteiger partial charge is 0.182 e. The second kappa shape index (κ2) is 15.7. The zero-order chi connectivity index (χ0) is 20.5. The van der Waals surface area contributed by atoms with Crippen LogP contribution in [0.5, 0.6) is 0 Å². The van der Waals surface area contributed by atoms with E-state index in [1.165, 1.54) is 0 Å². The Balaban J connectivity index is 3.31. The van der Waals surface area contributed by atoms with Gasteiger partial charge in [-0.25, -0.2) is 0 Å². The minimum atomic E-state index is -0.243. The number of rotatable bonds is 18. The quantitative estimate of drug-likeness (QED) is 0.264. The van der Waals surface area contributed by atoms with Crippen LogP contribution in [0.25, 0.3) is 0 Å². The van der Waals surface area contributed by atoms with Crippen LogP contribution in [0.1, 0.15) is 27.2 Å². The number of hydrogen-bond acceptors (Lipinski definition) is 7. The zero-order valence-corrected chi connectivity index (χ0v) is 17.9. The van der Waals surface area contributed by atoms with Gasteiger partial charge in [0.1, 0.15) is 5.60 Å². The van der Waals surface area contributed by atoms with Crippen molar-refractivity contribution in [3.8, 4) is 0 Å². The first-order valence-corrected chi connectivity index (χ1v) is 9.38. The van der Waals surface area contributed by atoms with Gasteiger partial charge in [-0.15, -0.1) is 0 Å². The lowest BCUT2D eigenvalue weighted by molar-refractivity contribution is -0.0121. The molecule has 0 radical (unpaired) electrons. The van der Waals surface area contributed by atoms with Crippen molar-refractivity contribution in [1.29, 1.82) is 0 Å². The SMILES string of the molecule is C=C(CCOCCOCCOCCOCCN(C)C(=C)OC(C)(C)C)OC. The maximum Gasteiger partial charge on any atom is 0.182 e. The van der Waals surface area contributed by atoms with Crippen LogP contribution in [0.4, 0.5) is 0 Å². The standard InChI is InChI=1S/C20H39NO6/c1-18(22-7)8-10-23-12-14-25-16-17-26-15-13-24-11-9-21(6)19(2)27-20(3,4)5/h1-2,8-17H2,3-7H3. The Bertz CT molecular complexity index is 394. The molecular formula is C20H39NO6. The summed E-state index contributed by atoms with van der Waals surface area (Å²) in [6.45, 7) is 18.8. The second-order valence-corrected chi connectivity index (χ2v) is 6.97. The molecule has 0 amide bonds. The molecule has 0 aromatic carbocycles. The number of ether oxygens (including phenoxy) is 6. The van der Waals surface area contributed by atoms with E-state index in [-0.39, 0.29) is 5.60 Å². The Hall–Kier alpha value is -1.28. The molecule has 0 atom stereocenters. The van der Waals surface area contributed by atoms with Gasteiger partial charge < -0.3 is 33.3 Å². The molecule has 0 rings (SSSR count). The molecule has 7 nitrogen and oxygen atoms in total. The molecule has 0 unspecified atom stereocenters. The molecule has 0 N–H and O–H groups in total. The van der Waals surface area contributed by atoms with Crippen LogP contribution in [-0.2, 0) is 28.4 Å². The molecule has 0 aliphatic heterocycles. The first kappa shape index (κ1) is 25.7. The van der Waals surface area contributed by atoms with Crippen LogP contribution < -0.4 is 0 Å². The fraction of sp³-hybridized carbons (Fsp3) is 0.800. The Morgan fingerprint density at radius 3 is 1.67 bits per heavy atom. The lowest BCUT2D eigenvalue weighted by atomic mass is 10.2. The first-order valence-electron chi connectivity index (χ1n) is 9.38. The summed E-state index contributed by atoms with van der Waals surface area (Å²) >= 11 is 0. The first-order chi connectivity index (χ1) is 12.8. The summed E-state index contributed by atoms with van der Waals surface area (Å²) in [4.78, 5) is 1.94. The minimum Gasteiger partial charge on any atom is -0.502 e. The van der Waals surface area contributed by atoms with Crippen molar-refractivity contribution in [2.75, 3.05) is 73.6 Å². The topological polar surface area (TPSA) is 58.6 Å². The van der Waals surface area contributed by atoms with Crippen LogP contribution in [-0.4, -0.2) is 84.1 Å². The Morgan fingerprint density at radius 2 is 1.22 bits per heavy atom. The maximum absolute atomic E-state index is 5.70. The average Bonchev–Trinajstić information content (AvgIpc) is 2.59. The summed E-state index contributed by atoms with van der Waals surface area (Å²) in [5.74, 6) is 1.37. The van der Waals surface area contributed by atoms with Gasteiger partial charge in [-0.1, -0.05) is 6.58 Å². The predicted octanol–water partition coefficient (Wildman–Crippen LogP) is 2.82. The molecule has 0 bridgehead atoms. The number of hydrogen-bond donors (Lipinski definition) is 0. The van der Waals surface area contributed by atoms with Gasteiger partial charge in [0.15, 0.2) is 5.88 Å². The highest BCUT2D eigenvalue weighted by Gasteiger charge is 2.14. The van der Waals surface area contributed by atoms with Crippen LogP contribution in [0.2, 0.25) is 0 Å². The maximum atomic E-state index is 5.70. The van der Waals surface area contributed by atoms with Crippen LogP contribution in [0.15, 0.2) is 24.8 Å². The van der Waals surface area contributed by atoms with E-state index in [9.17, 15) is 0 Å². The van der Waals surface area contributed by atoms with Gasteiger partial charge in [0.05, 0.1) is 65.7 Å². The Labute approximate surface area is 165 Å². The van der Waals surface area contributed by atoms with Crippen molar-refractivity contribution >= 4 is 0 Å². The van der Waals surface area contributed by atoms with E-state index in [1.807, 2.05) is 32.7 Å². The molecule has 0 fully saturated rings.